The van der Waals surface area contributed by atoms with Gasteiger partial charge >= 0.3 is 0 Å². The second-order valence-electron chi connectivity index (χ2n) is 4.82. The van der Waals surface area contributed by atoms with Crippen LogP contribution in [0.5, 0.6) is 0 Å². The molecular weight excluding hydrogens is 198 g/mol. The summed E-state index contributed by atoms with van der Waals surface area (Å²) in [7, 11) is 1.92. The van der Waals surface area contributed by atoms with Gasteiger partial charge in [0.2, 0.25) is 0 Å². The lowest BCUT2D eigenvalue weighted by molar-refractivity contribution is 0.128. The Morgan fingerprint density at radius 1 is 1.50 bits per heavy atom. The van der Waals surface area contributed by atoms with Gasteiger partial charge in [-0.15, -0.1) is 0 Å². The summed E-state index contributed by atoms with van der Waals surface area (Å²) in [6, 6.07) is 3.07. The number of nitrogens with one attached hydrogen (secondary N) is 1. The van der Waals surface area contributed by atoms with Crippen molar-refractivity contribution in [2.75, 3.05) is 20.1 Å². The quantitative estimate of drug-likeness (QED) is 0.776. The van der Waals surface area contributed by atoms with Crippen LogP contribution in [0, 0.1) is 11.3 Å². The van der Waals surface area contributed by atoms with E-state index in [1.165, 1.54) is 19.3 Å². The van der Waals surface area contributed by atoms with Crippen LogP contribution < -0.4 is 5.32 Å². The molecule has 1 fully saturated rings. The van der Waals surface area contributed by atoms with Crippen LogP contribution in [0.25, 0.3) is 0 Å². The minimum atomic E-state index is -0.274. The fourth-order valence-electron chi connectivity index (χ4n) is 2.83. The van der Waals surface area contributed by atoms with E-state index in [1.54, 1.807) is 0 Å². The van der Waals surface area contributed by atoms with E-state index < -0.39 is 0 Å². The van der Waals surface area contributed by atoms with Gasteiger partial charge in [-0.1, -0.05) is 13.8 Å². The fraction of sp³-hybridized carbons (Fsp3) is 0.923. The molecule has 0 saturated heterocycles. The Morgan fingerprint density at radius 3 is 2.75 bits per heavy atom. The molecule has 0 aromatic rings. The number of rotatable bonds is 5. The summed E-state index contributed by atoms with van der Waals surface area (Å²) in [6.07, 6.45) is 5.59. The molecule has 3 heteroatoms. The molecule has 1 aliphatic rings. The third-order valence-electron chi connectivity index (χ3n) is 3.85. The van der Waals surface area contributed by atoms with Crippen LogP contribution in [0.4, 0.5) is 0 Å². The number of nitriles is 1. The largest absolute Gasteiger partial charge is 0.302 e. The first-order valence-electron chi connectivity index (χ1n) is 6.55. The van der Waals surface area contributed by atoms with Crippen molar-refractivity contribution >= 4 is 0 Å². The van der Waals surface area contributed by atoms with Crippen LogP contribution in [0.1, 0.15) is 46.0 Å². The van der Waals surface area contributed by atoms with Crippen LogP contribution in [0.2, 0.25) is 0 Å². The van der Waals surface area contributed by atoms with Gasteiger partial charge in [0.15, 0.2) is 0 Å². The molecule has 0 aromatic heterocycles. The van der Waals surface area contributed by atoms with Crippen LogP contribution in [-0.2, 0) is 0 Å². The van der Waals surface area contributed by atoms with Gasteiger partial charge in [-0.3, -0.25) is 0 Å². The molecule has 0 bridgehead atoms. The van der Waals surface area contributed by atoms with E-state index in [4.69, 9.17) is 0 Å². The van der Waals surface area contributed by atoms with E-state index in [9.17, 15) is 5.26 Å². The summed E-state index contributed by atoms with van der Waals surface area (Å²) >= 11 is 0. The van der Waals surface area contributed by atoms with Crippen molar-refractivity contribution in [3.05, 3.63) is 0 Å². The van der Waals surface area contributed by atoms with Crippen LogP contribution in [0.15, 0.2) is 0 Å². The highest BCUT2D eigenvalue weighted by Gasteiger charge is 2.36. The Balaban J connectivity index is 2.65. The molecule has 0 heterocycles. The second-order valence-corrected chi connectivity index (χ2v) is 4.82. The van der Waals surface area contributed by atoms with E-state index in [-0.39, 0.29) is 5.54 Å². The van der Waals surface area contributed by atoms with E-state index in [0.29, 0.717) is 6.04 Å². The molecule has 0 amide bonds. The lowest BCUT2D eigenvalue weighted by Gasteiger charge is -2.40. The van der Waals surface area contributed by atoms with Gasteiger partial charge in [0.1, 0.15) is 5.54 Å². The molecule has 1 N–H and O–H groups in total. The van der Waals surface area contributed by atoms with Gasteiger partial charge < -0.3 is 10.2 Å². The number of nitrogens with zero attached hydrogens (tertiary/aromatic N) is 2. The smallest absolute Gasteiger partial charge is 0.108 e. The third kappa shape index (κ3) is 2.96. The van der Waals surface area contributed by atoms with Crippen molar-refractivity contribution < 1.29 is 0 Å². The zero-order chi connectivity index (χ0) is 12.0. The highest BCUT2D eigenvalue weighted by molar-refractivity contribution is 5.10. The molecule has 92 valence electrons. The maximum Gasteiger partial charge on any atom is 0.108 e. The van der Waals surface area contributed by atoms with E-state index >= 15 is 0 Å². The summed E-state index contributed by atoms with van der Waals surface area (Å²) < 4.78 is 0. The standard InChI is InChI=1S/C13H25N3/c1-4-9-16(5-2)12-7-6-8-13(10-12,11-14)15-3/h12,15H,4-10H2,1-3H3. The minimum absolute atomic E-state index is 0.274. The summed E-state index contributed by atoms with van der Waals surface area (Å²) in [5, 5.41) is 12.5. The molecule has 1 rings (SSSR count). The third-order valence-corrected chi connectivity index (χ3v) is 3.85. The molecule has 0 aromatic carbocycles. The van der Waals surface area contributed by atoms with Crippen molar-refractivity contribution in [1.29, 1.82) is 5.26 Å². The summed E-state index contributed by atoms with van der Waals surface area (Å²) in [5.74, 6) is 0. The molecule has 1 aliphatic carbocycles. The zero-order valence-electron chi connectivity index (χ0n) is 10.9. The van der Waals surface area contributed by atoms with Crippen molar-refractivity contribution in [3.63, 3.8) is 0 Å². The SMILES string of the molecule is CCCN(CC)C1CCCC(C#N)(NC)C1. The van der Waals surface area contributed by atoms with E-state index in [2.05, 4.69) is 30.1 Å². The first-order valence-corrected chi connectivity index (χ1v) is 6.55. The molecule has 16 heavy (non-hydrogen) atoms. The maximum atomic E-state index is 9.31. The maximum absolute atomic E-state index is 9.31. The highest BCUT2D eigenvalue weighted by Crippen LogP contribution is 2.30. The van der Waals surface area contributed by atoms with Crippen molar-refractivity contribution in [2.45, 2.75) is 57.5 Å². The predicted octanol–water partition coefficient (Wildman–Crippen LogP) is 2.14. The lowest BCUT2D eigenvalue weighted by Crippen LogP contribution is -2.51. The Labute approximate surface area is 99.8 Å². The monoisotopic (exact) mass is 223 g/mol. The summed E-state index contributed by atoms with van der Waals surface area (Å²) in [5.41, 5.74) is -0.274. The molecule has 2 unspecified atom stereocenters. The first kappa shape index (κ1) is 13.5. The molecule has 0 aliphatic heterocycles. The molecule has 1 saturated carbocycles. The van der Waals surface area contributed by atoms with Gasteiger partial charge in [0.05, 0.1) is 6.07 Å². The Kier molecular flexibility index (Phi) is 5.24. The van der Waals surface area contributed by atoms with Gasteiger partial charge in [0, 0.05) is 6.04 Å². The van der Waals surface area contributed by atoms with Gasteiger partial charge in [-0.25, -0.2) is 0 Å². The topological polar surface area (TPSA) is 39.1 Å². The van der Waals surface area contributed by atoms with Crippen molar-refractivity contribution in [3.8, 4) is 6.07 Å². The van der Waals surface area contributed by atoms with Crippen molar-refractivity contribution in [2.24, 2.45) is 0 Å². The van der Waals surface area contributed by atoms with Gasteiger partial charge in [-0.05, 0) is 52.2 Å². The van der Waals surface area contributed by atoms with Crippen LogP contribution >= 0.6 is 0 Å². The summed E-state index contributed by atoms with van der Waals surface area (Å²) in [6.45, 7) is 6.70. The minimum Gasteiger partial charge on any atom is -0.302 e. The highest BCUT2D eigenvalue weighted by atomic mass is 15.2. The molecule has 3 nitrogen and oxygen atoms in total. The Hall–Kier alpha value is -0.590. The average Bonchev–Trinajstić information content (AvgIpc) is 2.36. The van der Waals surface area contributed by atoms with E-state index in [0.717, 1.165) is 25.9 Å². The molecule has 0 radical (unpaired) electrons. The van der Waals surface area contributed by atoms with E-state index in [1.807, 2.05) is 7.05 Å². The Morgan fingerprint density at radius 2 is 2.25 bits per heavy atom. The zero-order valence-corrected chi connectivity index (χ0v) is 10.9. The van der Waals surface area contributed by atoms with Crippen LogP contribution in [-0.4, -0.2) is 36.6 Å². The predicted molar refractivity (Wildman–Crippen MR) is 67.2 cm³/mol. The number of hydrogen-bond acceptors (Lipinski definition) is 3. The second kappa shape index (κ2) is 6.22. The van der Waals surface area contributed by atoms with Crippen LogP contribution in [0.3, 0.4) is 0 Å². The normalized spacial score (nSPS) is 30.3. The fourth-order valence-corrected chi connectivity index (χ4v) is 2.83. The lowest BCUT2D eigenvalue weighted by atomic mass is 9.79. The van der Waals surface area contributed by atoms with Crippen molar-refractivity contribution in [1.82, 2.24) is 10.2 Å². The van der Waals surface area contributed by atoms with Gasteiger partial charge in [0.25, 0.3) is 0 Å². The average molecular weight is 223 g/mol. The summed E-state index contributed by atoms with van der Waals surface area (Å²) in [4.78, 5) is 2.53. The van der Waals surface area contributed by atoms with Gasteiger partial charge in [-0.2, -0.15) is 5.26 Å². The number of hydrogen-bond donors (Lipinski definition) is 1. The first-order chi connectivity index (χ1) is 7.71. The molecular formula is C13H25N3. The molecule has 0 spiro atoms. The molecule has 2 atom stereocenters. The Bertz CT molecular complexity index is 246.